The highest BCUT2D eigenvalue weighted by Crippen LogP contribution is 2.26. The fourth-order valence-corrected chi connectivity index (χ4v) is 3.35. The lowest BCUT2D eigenvalue weighted by Crippen LogP contribution is -2.44. The number of amides is 2. The zero-order valence-corrected chi connectivity index (χ0v) is 18.3. The lowest BCUT2D eigenvalue weighted by molar-refractivity contribution is 0.0281. The number of aromatic nitrogens is 2. The summed E-state index contributed by atoms with van der Waals surface area (Å²) in [6, 6.07) is 5.06. The van der Waals surface area contributed by atoms with Gasteiger partial charge in [-0.05, 0) is 25.0 Å². The second kappa shape index (κ2) is 10.3. The van der Waals surface area contributed by atoms with E-state index in [2.05, 4.69) is 27.5 Å². The zero-order valence-electron chi connectivity index (χ0n) is 18.3. The Morgan fingerprint density at radius 1 is 1.32 bits per heavy atom. The van der Waals surface area contributed by atoms with E-state index < -0.39 is 5.91 Å². The first-order valence-corrected chi connectivity index (χ1v) is 10.2. The molecule has 1 aromatic heterocycles. The molecule has 0 aliphatic carbocycles. The average Bonchev–Trinajstić information content (AvgIpc) is 2.79. The van der Waals surface area contributed by atoms with Crippen LogP contribution in [-0.2, 0) is 4.74 Å². The number of benzene rings is 1. The van der Waals surface area contributed by atoms with E-state index in [9.17, 15) is 9.59 Å². The van der Waals surface area contributed by atoms with Crippen LogP contribution in [0.5, 0.6) is 5.75 Å². The molecule has 2 N–H and O–H groups in total. The van der Waals surface area contributed by atoms with E-state index in [1.54, 1.807) is 37.3 Å². The number of rotatable bonds is 3. The monoisotopic (exact) mass is 427 g/mol. The van der Waals surface area contributed by atoms with E-state index in [4.69, 9.17) is 9.47 Å². The first-order valence-electron chi connectivity index (χ1n) is 10.2. The number of fused-ring (bicyclic) bond motifs is 1. The Hall–Kier alpha value is -3.04. The number of ether oxygens (including phenoxy) is 2. The van der Waals surface area contributed by atoms with Crippen molar-refractivity contribution in [3.63, 3.8) is 0 Å². The minimum absolute atomic E-state index is 0.0675. The molecule has 1 aliphatic rings. The van der Waals surface area contributed by atoms with Crippen molar-refractivity contribution in [2.24, 2.45) is 5.92 Å². The fraction of sp³-hybridized carbons (Fsp3) is 0.455. The highest BCUT2D eigenvalue weighted by Gasteiger charge is 2.25. The van der Waals surface area contributed by atoms with Gasteiger partial charge in [0.25, 0.3) is 11.8 Å². The molecule has 1 aliphatic heterocycles. The minimum atomic E-state index is -0.392. The molecule has 2 heterocycles. The standard InChI is InChI=1S/C22H29N5O4/c1-14-10-25-15(2)13-31-19-9-16(26-21(28)18-11-23-7-8-24-18)5-6-17(19)22(29)27(3)12-20(14)30-4/h5-9,11,14-15,20,25H,10,12-13H2,1-4H3,(H,26,28)/t14-,15+,20+/m0/s1. The molecule has 0 saturated heterocycles. The number of methoxy groups -OCH3 is 1. The van der Waals surface area contributed by atoms with E-state index in [0.717, 1.165) is 6.54 Å². The van der Waals surface area contributed by atoms with Crippen LogP contribution < -0.4 is 15.4 Å². The van der Waals surface area contributed by atoms with Gasteiger partial charge in [-0.25, -0.2) is 4.98 Å². The van der Waals surface area contributed by atoms with Crippen LogP contribution in [-0.4, -0.2) is 72.7 Å². The van der Waals surface area contributed by atoms with Gasteiger partial charge in [-0.15, -0.1) is 0 Å². The lowest BCUT2D eigenvalue weighted by atomic mass is 10.0. The predicted molar refractivity (Wildman–Crippen MR) is 116 cm³/mol. The molecule has 0 saturated carbocycles. The van der Waals surface area contributed by atoms with Gasteiger partial charge in [-0.3, -0.25) is 14.6 Å². The van der Waals surface area contributed by atoms with Crippen molar-refractivity contribution in [1.82, 2.24) is 20.2 Å². The van der Waals surface area contributed by atoms with Gasteiger partial charge in [0.05, 0.1) is 17.9 Å². The van der Waals surface area contributed by atoms with Crippen molar-refractivity contribution in [1.29, 1.82) is 0 Å². The van der Waals surface area contributed by atoms with Gasteiger partial charge in [0.15, 0.2) is 0 Å². The van der Waals surface area contributed by atoms with Crippen LogP contribution in [0.25, 0.3) is 0 Å². The number of anilines is 1. The van der Waals surface area contributed by atoms with Crippen molar-refractivity contribution in [2.75, 3.05) is 39.2 Å². The van der Waals surface area contributed by atoms with Crippen LogP contribution in [0.4, 0.5) is 5.69 Å². The number of carbonyl (C=O) groups excluding carboxylic acids is 2. The molecule has 2 aromatic rings. The summed E-state index contributed by atoms with van der Waals surface area (Å²) >= 11 is 0. The van der Waals surface area contributed by atoms with Gasteiger partial charge in [0, 0.05) is 57.4 Å². The Morgan fingerprint density at radius 2 is 2.13 bits per heavy atom. The molecule has 3 atom stereocenters. The molecule has 0 unspecified atom stereocenters. The van der Waals surface area contributed by atoms with Gasteiger partial charge in [0.2, 0.25) is 0 Å². The molecule has 9 heteroatoms. The van der Waals surface area contributed by atoms with Gasteiger partial charge < -0.3 is 25.0 Å². The molecule has 1 aromatic carbocycles. The molecular formula is C22H29N5O4. The Morgan fingerprint density at radius 3 is 2.84 bits per heavy atom. The molecule has 0 bridgehead atoms. The molecular weight excluding hydrogens is 398 g/mol. The van der Waals surface area contributed by atoms with Gasteiger partial charge in [-0.1, -0.05) is 6.92 Å². The normalized spacial score (nSPS) is 22.5. The van der Waals surface area contributed by atoms with Crippen molar-refractivity contribution in [2.45, 2.75) is 26.0 Å². The number of likely N-dealkylation sites (N-methyl/N-ethyl adjacent to an activating group) is 1. The van der Waals surface area contributed by atoms with Crippen molar-refractivity contribution >= 4 is 17.5 Å². The van der Waals surface area contributed by atoms with Gasteiger partial charge in [-0.2, -0.15) is 0 Å². The summed E-state index contributed by atoms with van der Waals surface area (Å²) in [6.07, 6.45) is 4.24. The zero-order chi connectivity index (χ0) is 22.4. The molecule has 2 amide bonds. The second-order valence-corrected chi connectivity index (χ2v) is 7.81. The number of carbonyl (C=O) groups is 2. The van der Waals surface area contributed by atoms with E-state index >= 15 is 0 Å². The predicted octanol–water partition coefficient (Wildman–Crippen LogP) is 1.82. The maximum absolute atomic E-state index is 13.1. The number of nitrogens with zero attached hydrogens (tertiary/aromatic N) is 3. The van der Waals surface area contributed by atoms with Crippen molar-refractivity contribution < 1.29 is 19.1 Å². The maximum Gasteiger partial charge on any atom is 0.275 e. The third-order valence-corrected chi connectivity index (χ3v) is 5.28. The first-order chi connectivity index (χ1) is 14.9. The van der Waals surface area contributed by atoms with Crippen LogP contribution >= 0.6 is 0 Å². The van der Waals surface area contributed by atoms with Crippen LogP contribution in [0.1, 0.15) is 34.7 Å². The van der Waals surface area contributed by atoms with Crippen molar-refractivity contribution in [3.05, 3.63) is 48.0 Å². The van der Waals surface area contributed by atoms with E-state index in [1.165, 1.54) is 18.6 Å². The summed E-state index contributed by atoms with van der Waals surface area (Å²) in [6.45, 7) is 5.69. The van der Waals surface area contributed by atoms with Crippen LogP contribution in [0.2, 0.25) is 0 Å². The molecule has 0 fully saturated rings. The largest absolute Gasteiger partial charge is 0.491 e. The van der Waals surface area contributed by atoms with Crippen molar-refractivity contribution in [3.8, 4) is 5.75 Å². The van der Waals surface area contributed by atoms with Crippen LogP contribution in [0, 0.1) is 5.92 Å². The van der Waals surface area contributed by atoms with Gasteiger partial charge >= 0.3 is 0 Å². The summed E-state index contributed by atoms with van der Waals surface area (Å²) in [5, 5.41) is 6.22. The highest BCUT2D eigenvalue weighted by molar-refractivity contribution is 6.03. The Kier molecular flexibility index (Phi) is 7.54. The van der Waals surface area contributed by atoms with Crippen LogP contribution in [0.15, 0.2) is 36.8 Å². The Balaban J connectivity index is 1.87. The van der Waals surface area contributed by atoms with E-state index in [-0.39, 0.29) is 29.7 Å². The Bertz CT molecular complexity index is 908. The molecule has 0 radical (unpaired) electrons. The summed E-state index contributed by atoms with van der Waals surface area (Å²) < 4.78 is 11.6. The molecule has 166 valence electrons. The molecule has 31 heavy (non-hydrogen) atoms. The number of nitrogens with one attached hydrogen (secondary N) is 2. The minimum Gasteiger partial charge on any atom is -0.491 e. The molecule has 3 rings (SSSR count). The number of hydrogen-bond acceptors (Lipinski definition) is 7. The van der Waals surface area contributed by atoms with Crippen LogP contribution in [0.3, 0.4) is 0 Å². The molecule has 9 nitrogen and oxygen atoms in total. The summed E-state index contributed by atoms with van der Waals surface area (Å²) in [7, 11) is 3.41. The number of hydrogen-bond donors (Lipinski definition) is 2. The lowest BCUT2D eigenvalue weighted by Gasteiger charge is -2.30. The fourth-order valence-electron chi connectivity index (χ4n) is 3.35. The summed E-state index contributed by atoms with van der Waals surface area (Å²) in [5.41, 5.74) is 1.13. The van der Waals surface area contributed by atoms with E-state index in [1.807, 2.05) is 6.92 Å². The molecule has 0 spiro atoms. The summed E-state index contributed by atoms with van der Waals surface area (Å²) in [4.78, 5) is 35.1. The third-order valence-electron chi connectivity index (χ3n) is 5.28. The Labute approximate surface area is 182 Å². The summed E-state index contributed by atoms with van der Waals surface area (Å²) in [5.74, 6) is 0.0687. The SMILES string of the molecule is CO[C@@H]1CN(C)C(=O)c2ccc(NC(=O)c3cnccn3)cc2OC[C@@H](C)NC[C@@H]1C. The first kappa shape index (κ1) is 22.6. The smallest absolute Gasteiger partial charge is 0.275 e. The van der Waals surface area contributed by atoms with E-state index in [0.29, 0.717) is 30.2 Å². The highest BCUT2D eigenvalue weighted by atomic mass is 16.5. The third kappa shape index (κ3) is 5.77. The second-order valence-electron chi connectivity index (χ2n) is 7.81. The maximum atomic E-state index is 13.1. The topological polar surface area (TPSA) is 106 Å². The average molecular weight is 428 g/mol. The van der Waals surface area contributed by atoms with Gasteiger partial charge in [0.1, 0.15) is 18.1 Å². The quantitative estimate of drug-likeness (QED) is 0.770.